The minimum absolute atomic E-state index is 0.0199. The Morgan fingerprint density at radius 2 is 1.76 bits per heavy atom. The average molecular weight is 523 g/mol. The van der Waals surface area contributed by atoms with Crippen LogP contribution in [0.3, 0.4) is 0 Å². The van der Waals surface area contributed by atoms with Crippen molar-refractivity contribution in [2.75, 3.05) is 52.0 Å². The molecule has 2 aromatic rings. The van der Waals surface area contributed by atoms with Gasteiger partial charge in [0.1, 0.15) is 23.6 Å². The number of methoxy groups -OCH3 is 2. The fraction of sp³-hybridized carbons (Fsp3) is 0.483. The Labute approximate surface area is 224 Å². The van der Waals surface area contributed by atoms with Crippen LogP contribution in [0.2, 0.25) is 0 Å². The Balaban J connectivity index is 1.52. The topological polar surface area (TPSA) is 91.4 Å². The third kappa shape index (κ3) is 5.42. The van der Waals surface area contributed by atoms with Gasteiger partial charge in [0.25, 0.3) is 11.8 Å². The van der Waals surface area contributed by atoms with E-state index in [1.807, 2.05) is 30.3 Å². The Bertz CT molecular complexity index is 1150. The highest BCUT2D eigenvalue weighted by Gasteiger charge is 2.54. The molecule has 9 heteroatoms. The second kappa shape index (κ2) is 11.8. The smallest absolute Gasteiger partial charge is 0.257 e. The number of carbonyl (C=O) groups excluding carboxylic acids is 3. The average Bonchev–Trinajstić information content (AvgIpc) is 3.21. The maximum atomic E-state index is 13.9. The molecule has 2 aliphatic heterocycles. The van der Waals surface area contributed by atoms with Crippen molar-refractivity contribution in [3.8, 4) is 11.5 Å². The minimum atomic E-state index is -0.806. The number of anilines is 1. The van der Waals surface area contributed by atoms with Crippen molar-refractivity contribution in [3.05, 3.63) is 54.1 Å². The summed E-state index contributed by atoms with van der Waals surface area (Å²) in [6.07, 6.45) is 1.91. The van der Waals surface area contributed by atoms with Gasteiger partial charge in [-0.15, -0.1) is 0 Å². The van der Waals surface area contributed by atoms with Crippen LogP contribution in [-0.2, 0) is 9.59 Å². The number of carbonyl (C=O) groups is 3. The predicted octanol–water partition coefficient (Wildman–Crippen LogP) is 3.15. The summed E-state index contributed by atoms with van der Waals surface area (Å²) in [5.74, 6) is 1.09. The van der Waals surface area contributed by atoms with Gasteiger partial charge in [-0.25, -0.2) is 0 Å². The minimum Gasteiger partial charge on any atom is -0.497 e. The van der Waals surface area contributed by atoms with Crippen LogP contribution in [0.25, 0.3) is 0 Å². The molecule has 1 atom stereocenters. The van der Waals surface area contributed by atoms with Crippen LogP contribution in [0.4, 0.5) is 5.69 Å². The number of likely N-dealkylation sites (tertiary alicyclic amines) is 1. The molecule has 2 heterocycles. The molecule has 2 aliphatic rings. The quantitative estimate of drug-likeness (QED) is 0.544. The van der Waals surface area contributed by atoms with Crippen LogP contribution in [-0.4, -0.2) is 80.1 Å². The fourth-order valence-electron chi connectivity index (χ4n) is 5.21. The normalized spacial score (nSPS) is 17.5. The zero-order valence-corrected chi connectivity index (χ0v) is 22.7. The van der Waals surface area contributed by atoms with E-state index in [4.69, 9.17) is 9.47 Å². The van der Waals surface area contributed by atoms with Gasteiger partial charge in [0, 0.05) is 31.4 Å². The molecule has 38 heavy (non-hydrogen) atoms. The summed E-state index contributed by atoms with van der Waals surface area (Å²) in [7, 11) is 3.09. The molecule has 9 nitrogen and oxygen atoms in total. The van der Waals surface area contributed by atoms with Gasteiger partial charge in [-0.1, -0.05) is 38.5 Å². The van der Waals surface area contributed by atoms with Crippen molar-refractivity contribution in [1.82, 2.24) is 15.1 Å². The molecule has 2 aromatic carbocycles. The number of piperidine rings is 1. The number of nitrogens with one attached hydrogen (secondary N) is 1. The highest BCUT2D eigenvalue weighted by atomic mass is 16.5. The molecular weight excluding hydrogens is 484 g/mol. The van der Waals surface area contributed by atoms with Gasteiger partial charge in [0.15, 0.2) is 0 Å². The lowest BCUT2D eigenvalue weighted by molar-refractivity contribution is -0.137. The molecule has 1 spiro atoms. The molecular formula is C29H38N4O5. The van der Waals surface area contributed by atoms with Crippen molar-refractivity contribution in [2.24, 2.45) is 5.92 Å². The van der Waals surface area contributed by atoms with E-state index in [-0.39, 0.29) is 24.3 Å². The van der Waals surface area contributed by atoms with Gasteiger partial charge in [0.2, 0.25) is 5.91 Å². The van der Waals surface area contributed by atoms with E-state index in [0.717, 1.165) is 12.1 Å². The molecule has 2 fully saturated rings. The van der Waals surface area contributed by atoms with Crippen molar-refractivity contribution < 1.29 is 23.9 Å². The number of nitrogens with zero attached hydrogens (tertiary/aromatic N) is 3. The van der Waals surface area contributed by atoms with E-state index in [1.54, 1.807) is 35.1 Å². The summed E-state index contributed by atoms with van der Waals surface area (Å²) in [4.78, 5) is 45.5. The second-order valence-electron chi connectivity index (χ2n) is 10.1. The van der Waals surface area contributed by atoms with Crippen LogP contribution in [0.1, 0.15) is 43.5 Å². The zero-order valence-electron chi connectivity index (χ0n) is 22.7. The number of para-hydroxylation sites is 1. The van der Waals surface area contributed by atoms with Crippen LogP contribution in [0.5, 0.6) is 11.5 Å². The number of ether oxygens (including phenoxy) is 2. The molecule has 2 saturated heterocycles. The van der Waals surface area contributed by atoms with Crippen molar-refractivity contribution >= 4 is 23.4 Å². The number of rotatable bonds is 9. The van der Waals surface area contributed by atoms with E-state index in [0.29, 0.717) is 62.1 Å². The summed E-state index contributed by atoms with van der Waals surface area (Å²) in [5.41, 5.74) is 0.584. The maximum Gasteiger partial charge on any atom is 0.257 e. The van der Waals surface area contributed by atoms with Crippen LogP contribution in [0.15, 0.2) is 48.5 Å². The lowest BCUT2D eigenvalue weighted by atomic mass is 9.85. The number of amides is 3. The second-order valence-corrected chi connectivity index (χ2v) is 10.1. The molecule has 3 amide bonds. The van der Waals surface area contributed by atoms with Crippen LogP contribution < -0.4 is 19.7 Å². The molecule has 1 N–H and O–H groups in total. The van der Waals surface area contributed by atoms with Gasteiger partial charge in [-0.2, -0.15) is 0 Å². The predicted molar refractivity (Wildman–Crippen MR) is 145 cm³/mol. The van der Waals surface area contributed by atoms with E-state index in [9.17, 15) is 14.4 Å². The number of hydrogen-bond acceptors (Lipinski definition) is 6. The summed E-state index contributed by atoms with van der Waals surface area (Å²) < 4.78 is 10.7. The van der Waals surface area contributed by atoms with Gasteiger partial charge in [-0.05, 0) is 43.0 Å². The lowest BCUT2D eigenvalue weighted by Crippen LogP contribution is -2.57. The van der Waals surface area contributed by atoms with Gasteiger partial charge in [0.05, 0.1) is 26.5 Å². The van der Waals surface area contributed by atoms with Crippen molar-refractivity contribution in [3.63, 3.8) is 0 Å². The van der Waals surface area contributed by atoms with E-state index in [1.165, 1.54) is 7.11 Å². The van der Waals surface area contributed by atoms with Gasteiger partial charge in [-0.3, -0.25) is 14.4 Å². The Kier molecular flexibility index (Phi) is 8.44. The highest BCUT2D eigenvalue weighted by molar-refractivity contribution is 5.99. The number of hydrogen-bond donors (Lipinski definition) is 1. The van der Waals surface area contributed by atoms with Gasteiger partial charge >= 0.3 is 0 Å². The SMILES string of the molecule is CCC(C)CNC(=O)CN1CN(c2ccccc2)C2(CCN(C(=O)c3ccc(OC)cc3OC)CC2)C1=O. The largest absolute Gasteiger partial charge is 0.497 e. The number of benzene rings is 2. The molecule has 4 rings (SSSR count). The summed E-state index contributed by atoms with van der Waals surface area (Å²) in [6.45, 7) is 5.95. The summed E-state index contributed by atoms with van der Waals surface area (Å²) in [6, 6.07) is 15.0. The molecule has 204 valence electrons. The third-order valence-corrected chi connectivity index (χ3v) is 7.78. The first-order valence-electron chi connectivity index (χ1n) is 13.2. The molecule has 0 aromatic heterocycles. The summed E-state index contributed by atoms with van der Waals surface area (Å²) in [5, 5.41) is 2.96. The standard InChI is InChI=1S/C29H38N4O5/c1-5-21(2)18-30-26(34)19-32-20-33(22-9-7-6-8-10-22)29(28(32)36)13-15-31(16-14-29)27(35)24-12-11-23(37-3)17-25(24)38-4/h6-12,17,21H,5,13-16,18-20H2,1-4H3,(H,30,34). The van der Waals surface area contributed by atoms with Crippen LogP contribution in [0, 0.1) is 5.92 Å². The third-order valence-electron chi connectivity index (χ3n) is 7.78. The monoisotopic (exact) mass is 522 g/mol. The molecule has 0 bridgehead atoms. The maximum absolute atomic E-state index is 13.9. The van der Waals surface area contributed by atoms with Crippen LogP contribution >= 0.6 is 0 Å². The Hall–Kier alpha value is -3.75. The molecule has 0 saturated carbocycles. The van der Waals surface area contributed by atoms with E-state index in [2.05, 4.69) is 24.1 Å². The molecule has 0 aliphatic carbocycles. The first-order valence-corrected chi connectivity index (χ1v) is 13.2. The van der Waals surface area contributed by atoms with Gasteiger partial charge < -0.3 is 29.5 Å². The molecule has 1 unspecified atom stereocenters. The lowest BCUT2D eigenvalue weighted by Gasteiger charge is -2.43. The first-order chi connectivity index (χ1) is 18.3. The Morgan fingerprint density at radius 3 is 2.39 bits per heavy atom. The highest BCUT2D eigenvalue weighted by Crippen LogP contribution is 2.40. The molecule has 0 radical (unpaired) electrons. The Morgan fingerprint density at radius 1 is 1.05 bits per heavy atom. The van der Waals surface area contributed by atoms with Crippen molar-refractivity contribution in [1.29, 1.82) is 0 Å². The summed E-state index contributed by atoms with van der Waals surface area (Å²) >= 11 is 0. The van der Waals surface area contributed by atoms with E-state index < -0.39 is 5.54 Å². The van der Waals surface area contributed by atoms with E-state index >= 15 is 0 Å². The zero-order chi connectivity index (χ0) is 27.3. The fourth-order valence-corrected chi connectivity index (χ4v) is 5.21. The van der Waals surface area contributed by atoms with Crippen molar-refractivity contribution in [2.45, 2.75) is 38.6 Å². The first kappa shape index (κ1) is 27.3.